The molecule has 3 aromatic carbocycles. The first kappa shape index (κ1) is 23.6. The molecule has 184 valence electrons. The van der Waals surface area contributed by atoms with E-state index in [1.807, 2.05) is 54.6 Å². The largest absolute Gasteiger partial charge is 0.495 e. The number of carbonyl (C=O) groups excluding carboxylic acids is 1. The monoisotopic (exact) mass is 493 g/mol. The summed E-state index contributed by atoms with van der Waals surface area (Å²) in [6, 6.07) is 21.9. The summed E-state index contributed by atoms with van der Waals surface area (Å²) in [4.78, 5) is 12.8. The highest BCUT2D eigenvalue weighted by molar-refractivity contribution is 5.95. The zero-order valence-corrected chi connectivity index (χ0v) is 20.2. The Balaban J connectivity index is 1.30. The number of fused-ring (bicyclic) bond motifs is 1. The molecule has 37 heavy (non-hydrogen) atoms. The third-order valence-electron chi connectivity index (χ3n) is 5.97. The molecule has 1 atom stereocenters. The Morgan fingerprint density at radius 3 is 2.70 bits per heavy atom. The molecule has 9 heteroatoms. The molecule has 1 N–H and O–H groups in total. The van der Waals surface area contributed by atoms with Gasteiger partial charge in [0, 0.05) is 5.56 Å². The molecule has 4 aromatic rings. The van der Waals surface area contributed by atoms with E-state index in [-0.39, 0.29) is 12.7 Å². The second-order valence-electron chi connectivity index (χ2n) is 8.31. The van der Waals surface area contributed by atoms with Crippen molar-refractivity contribution in [3.8, 4) is 34.6 Å². The minimum absolute atomic E-state index is 0.199. The van der Waals surface area contributed by atoms with Crippen LogP contribution in [0.5, 0.6) is 17.2 Å². The van der Waals surface area contributed by atoms with Gasteiger partial charge in [-0.25, -0.2) is 4.68 Å². The molecule has 5 rings (SSSR count). The van der Waals surface area contributed by atoms with Crippen LogP contribution in [0, 0.1) is 11.3 Å². The van der Waals surface area contributed by atoms with Gasteiger partial charge in [0.2, 0.25) is 12.7 Å². The number of hydrogen-bond acceptors (Lipinski definition) is 7. The van der Waals surface area contributed by atoms with Crippen LogP contribution in [0.4, 0.5) is 5.69 Å². The van der Waals surface area contributed by atoms with Gasteiger partial charge in [-0.2, -0.15) is 5.26 Å². The lowest BCUT2D eigenvalue weighted by atomic mass is 10.0. The summed E-state index contributed by atoms with van der Waals surface area (Å²) in [6.07, 6.45) is 3.52. The molecule has 9 nitrogen and oxygen atoms in total. The van der Waals surface area contributed by atoms with Crippen LogP contribution < -0.4 is 19.5 Å². The van der Waals surface area contributed by atoms with Crippen molar-refractivity contribution < 1.29 is 19.0 Å². The number of rotatable bonds is 7. The predicted octanol–water partition coefficient (Wildman–Crippen LogP) is 4.95. The molecule has 0 bridgehead atoms. The van der Waals surface area contributed by atoms with Gasteiger partial charge in [-0.05, 0) is 48.4 Å². The fourth-order valence-electron chi connectivity index (χ4n) is 3.87. The Hall–Kier alpha value is -5.10. The fourth-order valence-corrected chi connectivity index (χ4v) is 3.87. The van der Waals surface area contributed by atoms with Crippen molar-refractivity contribution in [2.24, 2.45) is 0 Å². The highest BCUT2D eigenvalue weighted by Gasteiger charge is 2.19. The van der Waals surface area contributed by atoms with Crippen molar-refractivity contribution in [2.75, 3.05) is 19.2 Å². The minimum atomic E-state index is -0.597. The molecule has 0 saturated carbocycles. The van der Waals surface area contributed by atoms with E-state index < -0.39 is 6.04 Å². The van der Waals surface area contributed by atoms with E-state index in [1.54, 1.807) is 38.4 Å². The number of aromatic nitrogens is 3. The Morgan fingerprint density at radius 2 is 1.92 bits per heavy atom. The smallest absolute Gasteiger partial charge is 0.249 e. The number of para-hydroxylation sites is 2. The first-order valence-electron chi connectivity index (χ1n) is 11.5. The SMILES string of the molecule is COc1ccccc1NC(=O)C(C)n1cc(-c2ccc(/C(C#N)=C/c3ccc4c(c3)OCO4)cc2)nn1. The van der Waals surface area contributed by atoms with Gasteiger partial charge in [0.25, 0.3) is 0 Å². The summed E-state index contributed by atoms with van der Waals surface area (Å²) >= 11 is 0. The lowest BCUT2D eigenvalue weighted by Gasteiger charge is -2.14. The summed E-state index contributed by atoms with van der Waals surface area (Å²) in [5.41, 5.74) is 4.12. The maximum atomic E-state index is 12.8. The number of benzene rings is 3. The summed E-state index contributed by atoms with van der Waals surface area (Å²) in [5, 5.41) is 21.0. The Labute approximate surface area is 213 Å². The molecule has 2 heterocycles. The number of nitriles is 1. The third-order valence-corrected chi connectivity index (χ3v) is 5.97. The van der Waals surface area contributed by atoms with Crippen molar-refractivity contribution in [1.82, 2.24) is 15.0 Å². The number of amides is 1. The zero-order valence-electron chi connectivity index (χ0n) is 20.2. The number of ether oxygens (including phenoxy) is 3. The molecule has 0 spiro atoms. The average Bonchev–Trinajstić information content (AvgIpc) is 3.61. The van der Waals surface area contributed by atoms with Gasteiger partial charge in [-0.3, -0.25) is 4.79 Å². The second kappa shape index (κ2) is 10.3. The number of methoxy groups -OCH3 is 1. The van der Waals surface area contributed by atoms with Gasteiger partial charge < -0.3 is 19.5 Å². The fraction of sp³-hybridized carbons (Fsp3) is 0.143. The highest BCUT2D eigenvalue weighted by Crippen LogP contribution is 2.34. The Kier molecular flexibility index (Phi) is 6.55. The highest BCUT2D eigenvalue weighted by atomic mass is 16.7. The normalized spacial score (nSPS) is 13.1. The van der Waals surface area contributed by atoms with E-state index >= 15 is 0 Å². The maximum Gasteiger partial charge on any atom is 0.249 e. The van der Waals surface area contributed by atoms with Gasteiger partial charge in [0.15, 0.2) is 11.5 Å². The Morgan fingerprint density at radius 1 is 1.14 bits per heavy atom. The number of anilines is 1. The average molecular weight is 494 g/mol. The number of allylic oxidation sites excluding steroid dienone is 1. The molecule has 1 unspecified atom stereocenters. The van der Waals surface area contributed by atoms with Crippen LogP contribution in [0.3, 0.4) is 0 Å². The molecule has 0 radical (unpaired) electrons. The van der Waals surface area contributed by atoms with Crippen molar-refractivity contribution >= 4 is 23.2 Å². The van der Waals surface area contributed by atoms with Gasteiger partial charge in [0.05, 0.1) is 30.6 Å². The molecule has 1 amide bonds. The standard InChI is InChI=1S/C28H23N5O4/c1-18(28(34)30-23-5-3-4-6-25(23)35-2)33-16-24(31-32-33)21-10-8-20(9-11-21)22(15-29)13-19-7-12-26-27(14-19)37-17-36-26/h3-14,16,18H,17H2,1-2H3,(H,30,34)/b22-13+. The topological polar surface area (TPSA) is 111 Å². The molecular weight excluding hydrogens is 470 g/mol. The van der Waals surface area contributed by atoms with Crippen molar-refractivity contribution in [1.29, 1.82) is 5.26 Å². The van der Waals surface area contributed by atoms with E-state index in [0.717, 1.165) is 16.7 Å². The summed E-state index contributed by atoms with van der Waals surface area (Å²) in [5.74, 6) is 1.69. The molecule has 0 fully saturated rings. The maximum absolute atomic E-state index is 12.8. The van der Waals surface area contributed by atoms with Crippen molar-refractivity contribution in [3.63, 3.8) is 0 Å². The van der Waals surface area contributed by atoms with Gasteiger partial charge in [0.1, 0.15) is 17.5 Å². The van der Waals surface area contributed by atoms with Gasteiger partial charge >= 0.3 is 0 Å². The third kappa shape index (κ3) is 4.99. The van der Waals surface area contributed by atoms with E-state index in [9.17, 15) is 10.1 Å². The van der Waals surface area contributed by atoms with Crippen LogP contribution in [-0.4, -0.2) is 34.8 Å². The van der Waals surface area contributed by atoms with Crippen molar-refractivity contribution in [2.45, 2.75) is 13.0 Å². The summed E-state index contributed by atoms with van der Waals surface area (Å²) in [7, 11) is 1.55. The molecule has 1 aliphatic heterocycles. The summed E-state index contributed by atoms with van der Waals surface area (Å²) < 4.78 is 17.6. The lowest BCUT2D eigenvalue weighted by Crippen LogP contribution is -2.24. The van der Waals surface area contributed by atoms with E-state index in [2.05, 4.69) is 21.7 Å². The lowest BCUT2D eigenvalue weighted by molar-refractivity contribution is -0.119. The van der Waals surface area contributed by atoms with E-state index in [1.165, 1.54) is 4.68 Å². The van der Waals surface area contributed by atoms with E-state index in [4.69, 9.17) is 14.2 Å². The number of nitrogens with one attached hydrogen (secondary N) is 1. The summed E-state index contributed by atoms with van der Waals surface area (Å²) in [6.45, 7) is 1.94. The number of carbonyl (C=O) groups is 1. The zero-order chi connectivity index (χ0) is 25.8. The Bertz CT molecular complexity index is 1520. The quantitative estimate of drug-likeness (QED) is 0.286. The van der Waals surface area contributed by atoms with Crippen LogP contribution in [0.1, 0.15) is 24.1 Å². The first-order valence-corrected chi connectivity index (χ1v) is 11.5. The van der Waals surface area contributed by atoms with Crippen LogP contribution in [0.25, 0.3) is 22.9 Å². The van der Waals surface area contributed by atoms with Gasteiger partial charge in [-0.15, -0.1) is 5.10 Å². The van der Waals surface area contributed by atoms with Crippen LogP contribution in [0.15, 0.2) is 72.9 Å². The van der Waals surface area contributed by atoms with Crippen molar-refractivity contribution in [3.05, 3.63) is 84.1 Å². The minimum Gasteiger partial charge on any atom is -0.495 e. The molecule has 1 aromatic heterocycles. The van der Waals surface area contributed by atoms with E-state index in [0.29, 0.717) is 34.2 Å². The second-order valence-corrected chi connectivity index (χ2v) is 8.31. The molecule has 1 aliphatic rings. The molecular formula is C28H23N5O4. The van der Waals surface area contributed by atoms with Crippen LogP contribution in [-0.2, 0) is 4.79 Å². The number of nitrogens with zero attached hydrogens (tertiary/aromatic N) is 4. The molecule has 0 saturated heterocycles. The predicted molar refractivity (Wildman–Crippen MR) is 138 cm³/mol. The number of hydrogen-bond donors (Lipinski definition) is 1. The van der Waals surface area contributed by atoms with Gasteiger partial charge in [-0.1, -0.05) is 47.7 Å². The van der Waals surface area contributed by atoms with Crippen LogP contribution >= 0.6 is 0 Å². The molecule has 0 aliphatic carbocycles. The first-order chi connectivity index (χ1) is 18.1. The van der Waals surface area contributed by atoms with Crippen LogP contribution in [0.2, 0.25) is 0 Å².